The Morgan fingerprint density at radius 3 is 2.26 bits per heavy atom. The van der Waals surface area contributed by atoms with E-state index in [0.29, 0.717) is 18.4 Å². The SMILES string of the molecule is CS(=O)(=O)c1ccc(C(=O)NC2(c3cccc(OC(F)(F)F)c3)CC2)cc1. The number of halogens is 3. The number of hydrogen-bond acceptors (Lipinski definition) is 4. The molecule has 9 heteroatoms. The zero-order valence-corrected chi connectivity index (χ0v) is 15.0. The molecule has 1 fully saturated rings. The Morgan fingerprint density at radius 2 is 1.74 bits per heavy atom. The number of carbonyl (C=O) groups excluding carboxylic acids is 1. The molecular weight excluding hydrogens is 383 g/mol. The lowest BCUT2D eigenvalue weighted by atomic mass is 10.0. The lowest BCUT2D eigenvalue weighted by Crippen LogP contribution is -2.34. The molecular formula is C18H16F3NO4S. The maximum atomic E-state index is 12.5. The van der Waals surface area contributed by atoms with Gasteiger partial charge in [-0.3, -0.25) is 4.79 Å². The van der Waals surface area contributed by atoms with E-state index in [2.05, 4.69) is 10.1 Å². The van der Waals surface area contributed by atoms with Gasteiger partial charge in [0.15, 0.2) is 9.84 Å². The topological polar surface area (TPSA) is 72.5 Å². The van der Waals surface area contributed by atoms with Gasteiger partial charge in [-0.1, -0.05) is 12.1 Å². The molecule has 2 aromatic rings. The van der Waals surface area contributed by atoms with E-state index < -0.39 is 27.6 Å². The molecule has 0 aliphatic heterocycles. The van der Waals surface area contributed by atoms with Crippen LogP contribution >= 0.6 is 0 Å². The van der Waals surface area contributed by atoms with Crippen LogP contribution in [0.2, 0.25) is 0 Å². The Hall–Kier alpha value is -2.55. The molecule has 0 atom stereocenters. The number of sulfone groups is 1. The molecule has 3 rings (SSSR count). The van der Waals surface area contributed by atoms with Crippen LogP contribution in [0.5, 0.6) is 5.75 Å². The van der Waals surface area contributed by atoms with Crippen molar-refractivity contribution in [2.75, 3.05) is 6.26 Å². The normalized spacial score (nSPS) is 15.9. The minimum Gasteiger partial charge on any atom is -0.406 e. The molecule has 2 aromatic carbocycles. The number of amides is 1. The Morgan fingerprint density at radius 1 is 1.11 bits per heavy atom. The van der Waals surface area contributed by atoms with E-state index in [0.717, 1.165) is 6.26 Å². The van der Waals surface area contributed by atoms with Crippen molar-refractivity contribution in [1.29, 1.82) is 0 Å². The summed E-state index contributed by atoms with van der Waals surface area (Å²) in [7, 11) is -3.37. The summed E-state index contributed by atoms with van der Waals surface area (Å²) in [4.78, 5) is 12.6. The van der Waals surface area contributed by atoms with E-state index in [1.165, 1.54) is 42.5 Å². The predicted octanol–water partition coefficient (Wildman–Crippen LogP) is 3.41. The number of alkyl halides is 3. The van der Waals surface area contributed by atoms with Crippen LogP contribution in [0.3, 0.4) is 0 Å². The highest BCUT2D eigenvalue weighted by Crippen LogP contribution is 2.46. The van der Waals surface area contributed by atoms with E-state index in [4.69, 9.17) is 0 Å². The standard InChI is InChI=1S/C18H16F3NO4S/c1-27(24,25)15-7-5-12(6-8-15)16(23)22-17(9-10-17)13-3-2-4-14(11-13)26-18(19,20)21/h2-8,11H,9-10H2,1H3,(H,22,23). The van der Waals surface area contributed by atoms with E-state index >= 15 is 0 Å². The summed E-state index contributed by atoms with van der Waals surface area (Å²) < 4.78 is 64.1. The van der Waals surface area contributed by atoms with Gasteiger partial charge in [-0.15, -0.1) is 13.2 Å². The molecule has 5 nitrogen and oxygen atoms in total. The summed E-state index contributed by atoms with van der Waals surface area (Å²) in [5.41, 5.74) is 0.0270. The van der Waals surface area contributed by atoms with Crippen molar-refractivity contribution in [2.45, 2.75) is 29.6 Å². The quantitative estimate of drug-likeness (QED) is 0.836. The molecule has 0 heterocycles. The third kappa shape index (κ3) is 4.60. The summed E-state index contributed by atoms with van der Waals surface area (Å²) in [5.74, 6) is -0.785. The summed E-state index contributed by atoms with van der Waals surface area (Å²) in [6.45, 7) is 0. The van der Waals surface area contributed by atoms with Crippen LogP contribution in [0.4, 0.5) is 13.2 Å². The number of ether oxygens (including phenoxy) is 1. The fraction of sp³-hybridized carbons (Fsp3) is 0.278. The van der Waals surface area contributed by atoms with Crippen LogP contribution < -0.4 is 10.1 Å². The van der Waals surface area contributed by atoms with Gasteiger partial charge < -0.3 is 10.1 Å². The van der Waals surface area contributed by atoms with Crippen molar-refractivity contribution in [3.8, 4) is 5.75 Å². The second-order valence-corrected chi connectivity index (χ2v) is 8.42. The van der Waals surface area contributed by atoms with Crippen LogP contribution in [-0.2, 0) is 15.4 Å². The van der Waals surface area contributed by atoms with E-state index in [-0.39, 0.29) is 16.2 Å². The molecule has 1 N–H and O–H groups in total. The van der Waals surface area contributed by atoms with Gasteiger partial charge in [0, 0.05) is 11.8 Å². The van der Waals surface area contributed by atoms with Gasteiger partial charge in [0.05, 0.1) is 10.4 Å². The van der Waals surface area contributed by atoms with Gasteiger partial charge in [0.1, 0.15) is 5.75 Å². The highest BCUT2D eigenvalue weighted by Gasteiger charge is 2.46. The monoisotopic (exact) mass is 399 g/mol. The van der Waals surface area contributed by atoms with E-state index in [9.17, 15) is 26.4 Å². The lowest BCUT2D eigenvalue weighted by Gasteiger charge is -2.19. The second kappa shape index (κ2) is 6.56. The average Bonchev–Trinajstić information content (AvgIpc) is 3.33. The van der Waals surface area contributed by atoms with Gasteiger partial charge in [-0.25, -0.2) is 8.42 Å². The molecule has 144 valence electrons. The van der Waals surface area contributed by atoms with Crippen LogP contribution in [0.25, 0.3) is 0 Å². The lowest BCUT2D eigenvalue weighted by molar-refractivity contribution is -0.274. The highest BCUT2D eigenvalue weighted by atomic mass is 32.2. The van der Waals surface area contributed by atoms with Crippen molar-refractivity contribution in [2.24, 2.45) is 0 Å². The highest BCUT2D eigenvalue weighted by molar-refractivity contribution is 7.90. The first-order valence-corrected chi connectivity index (χ1v) is 9.87. The summed E-state index contributed by atoms with van der Waals surface area (Å²) >= 11 is 0. The fourth-order valence-corrected chi connectivity index (χ4v) is 3.38. The molecule has 1 saturated carbocycles. The molecule has 0 spiro atoms. The average molecular weight is 399 g/mol. The molecule has 0 unspecified atom stereocenters. The maximum Gasteiger partial charge on any atom is 0.573 e. The third-order valence-electron chi connectivity index (χ3n) is 4.27. The van der Waals surface area contributed by atoms with Crippen molar-refractivity contribution in [3.05, 3.63) is 59.7 Å². The smallest absolute Gasteiger partial charge is 0.406 e. The summed E-state index contributed by atoms with van der Waals surface area (Å²) in [6, 6.07) is 11.0. The Kier molecular flexibility index (Phi) is 4.67. The Bertz CT molecular complexity index is 965. The first kappa shape index (κ1) is 19.2. The molecule has 0 aromatic heterocycles. The maximum absolute atomic E-state index is 12.5. The molecule has 27 heavy (non-hydrogen) atoms. The Labute approximate surface area is 154 Å². The number of rotatable bonds is 5. The predicted molar refractivity (Wildman–Crippen MR) is 91.1 cm³/mol. The molecule has 1 aliphatic carbocycles. The molecule has 1 aliphatic rings. The van der Waals surface area contributed by atoms with Gasteiger partial charge in [-0.05, 0) is 54.8 Å². The minimum absolute atomic E-state index is 0.0946. The van der Waals surface area contributed by atoms with Gasteiger partial charge in [0.25, 0.3) is 5.91 Å². The fourth-order valence-electron chi connectivity index (χ4n) is 2.74. The van der Waals surface area contributed by atoms with E-state index in [1.54, 1.807) is 6.07 Å². The second-order valence-electron chi connectivity index (χ2n) is 6.41. The number of nitrogens with one attached hydrogen (secondary N) is 1. The van der Waals surface area contributed by atoms with Gasteiger partial charge in [-0.2, -0.15) is 0 Å². The van der Waals surface area contributed by atoms with E-state index in [1.807, 2.05) is 0 Å². The number of benzene rings is 2. The largest absolute Gasteiger partial charge is 0.573 e. The zero-order valence-electron chi connectivity index (χ0n) is 14.2. The van der Waals surface area contributed by atoms with Gasteiger partial charge in [0.2, 0.25) is 0 Å². The number of hydrogen-bond donors (Lipinski definition) is 1. The zero-order chi connectivity index (χ0) is 19.9. The minimum atomic E-state index is -4.79. The van der Waals surface area contributed by atoms with Crippen LogP contribution in [0.15, 0.2) is 53.4 Å². The van der Waals surface area contributed by atoms with Crippen molar-refractivity contribution in [1.82, 2.24) is 5.32 Å². The first-order chi connectivity index (χ1) is 12.5. The van der Waals surface area contributed by atoms with Crippen LogP contribution in [0.1, 0.15) is 28.8 Å². The first-order valence-electron chi connectivity index (χ1n) is 7.97. The van der Waals surface area contributed by atoms with Gasteiger partial charge >= 0.3 is 6.36 Å². The third-order valence-corrected chi connectivity index (χ3v) is 5.40. The molecule has 1 amide bonds. The molecule has 0 radical (unpaired) electrons. The molecule has 0 bridgehead atoms. The van der Waals surface area contributed by atoms with Crippen LogP contribution in [0, 0.1) is 0 Å². The van der Waals surface area contributed by atoms with Crippen molar-refractivity contribution >= 4 is 15.7 Å². The summed E-state index contributed by atoms with van der Waals surface area (Å²) in [6.07, 6.45) is -2.57. The van der Waals surface area contributed by atoms with Crippen molar-refractivity contribution < 1.29 is 31.1 Å². The van der Waals surface area contributed by atoms with Crippen molar-refractivity contribution in [3.63, 3.8) is 0 Å². The summed E-state index contributed by atoms with van der Waals surface area (Å²) in [5, 5.41) is 2.82. The Balaban J connectivity index is 1.77. The number of carbonyl (C=O) groups is 1. The van der Waals surface area contributed by atoms with Crippen LogP contribution in [-0.4, -0.2) is 26.9 Å². The molecule has 0 saturated heterocycles.